The van der Waals surface area contributed by atoms with Gasteiger partial charge in [-0.25, -0.2) is 0 Å². The van der Waals surface area contributed by atoms with E-state index in [9.17, 15) is 0 Å². The van der Waals surface area contributed by atoms with Crippen LogP contribution in [-0.4, -0.2) is 0 Å². The van der Waals surface area contributed by atoms with Gasteiger partial charge < -0.3 is 0 Å². The van der Waals surface area contributed by atoms with E-state index in [1.165, 1.54) is 19.3 Å². The van der Waals surface area contributed by atoms with Crippen LogP contribution in [0.1, 0.15) is 33.1 Å². The predicted molar refractivity (Wildman–Crippen MR) is 36.8 cm³/mol. The van der Waals surface area contributed by atoms with Gasteiger partial charge in [0.25, 0.3) is 0 Å². The monoisotopic (exact) mass is 110 g/mol. The van der Waals surface area contributed by atoms with Gasteiger partial charge in [-0.3, -0.25) is 0 Å². The lowest BCUT2D eigenvalue weighted by atomic mass is 10.1. The number of allylic oxidation sites excluding steroid dienone is 2. The molecule has 8 heavy (non-hydrogen) atoms. The Kier molecular flexibility index (Phi) is 1.72. The first-order valence-electron chi connectivity index (χ1n) is 3.47. The molecule has 0 heteroatoms. The van der Waals surface area contributed by atoms with Gasteiger partial charge in [0.05, 0.1) is 0 Å². The summed E-state index contributed by atoms with van der Waals surface area (Å²) in [6.07, 6.45) is 6.40. The van der Waals surface area contributed by atoms with Crippen LogP contribution in [-0.2, 0) is 0 Å². The van der Waals surface area contributed by atoms with Gasteiger partial charge in [0, 0.05) is 0 Å². The second kappa shape index (κ2) is 2.34. The zero-order valence-electron chi connectivity index (χ0n) is 5.78. The summed E-state index contributed by atoms with van der Waals surface area (Å²) >= 11 is 0. The number of rotatable bonds is 0. The Bertz CT molecular complexity index is 101. The first-order valence-corrected chi connectivity index (χ1v) is 3.47. The minimum Gasteiger partial charge on any atom is -0.0884 e. The summed E-state index contributed by atoms with van der Waals surface area (Å²) in [5.74, 6) is 0.959. The van der Waals surface area contributed by atoms with Crippen molar-refractivity contribution in [3.63, 3.8) is 0 Å². The standard InChI is InChI=1S/C8H14/c1-3-8-5-4-7(2)6-8/h3,7H,4-6H2,1-2H3/b8-3+. The van der Waals surface area contributed by atoms with Crippen molar-refractivity contribution in [1.29, 1.82) is 0 Å². The van der Waals surface area contributed by atoms with Crippen molar-refractivity contribution in [3.8, 4) is 0 Å². The molecule has 0 bridgehead atoms. The molecule has 0 aromatic rings. The van der Waals surface area contributed by atoms with Gasteiger partial charge in [0.2, 0.25) is 0 Å². The Hall–Kier alpha value is -0.260. The normalized spacial score (nSPS) is 34.2. The maximum Gasteiger partial charge on any atom is -0.0294 e. The first-order chi connectivity index (χ1) is 3.83. The summed E-state index contributed by atoms with van der Waals surface area (Å²) < 4.78 is 0. The smallest absolute Gasteiger partial charge is 0.0294 e. The minimum atomic E-state index is 0.959. The zero-order chi connectivity index (χ0) is 5.98. The van der Waals surface area contributed by atoms with E-state index >= 15 is 0 Å². The SMILES string of the molecule is C/C=C1\CCC(C)C1. The van der Waals surface area contributed by atoms with Gasteiger partial charge in [0.15, 0.2) is 0 Å². The summed E-state index contributed by atoms with van der Waals surface area (Å²) in [5.41, 5.74) is 1.66. The molecule has 0 spiro atoms. The van der Waals surface area contributed by atoms with E-state index in [0.29, 0.717) is 0 Å². The Labute approximate surface area is 51.6 Å². The molecular formula is C8H14. The van der Waals surface area contributed by atoms with Gasteiger partial charge in [-0.15, -0.1) is 0 Å². The molecule has 46 valence electrons. The predicted octanol–water partition coefficient (Wildman–Crippen LogP) is 2.75. The molecule has 1 aliphatic carbocycles. The van der Waals surface area contributed by atoms with Crippen LogP contribution >= 0.6 is 0 Å². The van der Waals surface area contributed by atoms with Gasteiger partial charge >= 0.3 is 0 Å². The van der Waals surface area contributed by atoms with Crippen molar-refractivity contribution in [1.82, 2.24) is 0 Å². The van der Waals surface area contributed by atoms with Crippen molar-refractivity contribution < 1.29 is 0 Å². The topological polar surface area (TPSA) is 0 Å². The van der Waals surface area contributed by atoms with Crippen LogP contribution in [0.25, 0.3) is 0 Å². The highest BCUT2D eigenvalue weighted by molar-refractivity contribution is 5.05. The van der Waals surface area contributed by atoms with E-state index in [4.69, 9.17) is 0 Å². The molecule has 1 unspecified atom stereocenters. The molecule has 0 aromatic carbocycles. The highest BCUT2D eigenvalue weighted by atomic mass is 14.2. The average Bonchev–Trinajstić information content (AvgIpc) is 2.14. The number of hydrogen-bond acceptors (Lipinski definition) is 0. The summed E-state index contributed by atoms with van der Waals surface area (Å²) in [4.78, 5) is 0. The Morgan fingerprint density at radius 3 is 2.62 bits per heavy atom. The molecule has 0 heterocycles. The fourth-order valence-electron chi connectivity index (χ4n) is 1.35. The fraction of sp³-hybridized carbons (Fsp3) is 0.750. The molecule has 1 fully saturated rings. The highest BCUT2D eigenvalue weighted by Gasteiger charge is 2.12. The first kappa shape index (κ1) is 5.87. The molecule has 0 radical (unpaired) electrons. The van der Waals surface area contributed by atoms with Crippen LogP contribution in [0.3, 0.4) is 0 Å². The summed E-state index contributed by atoms with van der Waals surface area (Å²) in [7, 11) is 0. The molecule has 0 N–H and O–H groups in total. The fourth-order valence-corrected chi connectivity index (χ4v) is 1.35. The van der Waals surface area contributed by atoms with E-state index in [-0.39, 0.29) is 0 Å². The quantitative estimate of drug-likeness (QED) is 0.420. The van der Waals surface area contributed by atoms with E-state index in [1.807, 2.05) is 0 Å². The third-order valence-corrected chi connectivity index (χ3v) is 1.98. The van der Waals surface area contributed by atoms with Crippen molar-refractivity contribution >= 4 is 0 Å². The second-order valence-electron chi connectivity index (χ2n) is 2.79. The van der Waals surface area contributed by atoms with Crippen LogP contribution in [0, 0.1) is 5.92 Å². The van der Waals surface area contributed by atoms with Crippen molar-refractivity contribution in [2.24, 2.45) is 5.92 Å². The Balaban J connectivity index is 2.44. The molecule has 0 amide bonds. The van der Waals surface area contributed by atoms with Crippen LogP contribution in [0.15, 0.2) is 11.6 Å². The van der Waals surface area contributed by atoms with Gasteiger partial charge in [-0.05, 0) is 32.1 Å². The molecule has 0 saturated heterocycles. The van der Waals surface area contributed by atoms with E-state index in [1.54, 1.807) is 5.57 Å². The van der Waals surface area contributed by atoms with E-state index in [2.05, 4.69) is 19.9 Å². The van der Waals surface area contributed by atoms with Crippen molar-refractivity contribution in [2.75, 3.05) is 0 Å². The van der Waals surface area contributed by atoms with Crippen LogP contribution in [0.5, 0.6) is 0 Å². The lowest BCUT2D eigenvalue weighted by Gasteiger charge is -1.93. The summed E-state index contributed by atoms with van der Waals surface area (Å²) in [5, 5.41) is 0. The number of hydrogen-bond donors (Lipinski definition) is 0. The van der Waals surface area contributed by atoms with Gasteiger partial charge in [0.1, 0.15) is 0 Å². The second-order valence-corrected chi connectivity index (χ2v) is 2.79. The van der Waals surface area contributed by atoms with Gasteiger partial charge in [-0.2, -0.15) is 0 Å². The third-order valence-electron chi connectivity index (χ3n) is 1.98. The maximum absolute atomic E-state index is 2.33. The zero-order valence-corrected chi connectivity index (χ0v) is 5.78. The maximum atomic E-state index is 2.33. The highest BCUT2D eigenvalue weighted by Crippen LogP contribution is 2.28. The molecule has 1 aliphatic rings. The minimum absolute atomic E-state index is 0.959. The molecule has 1 atom stereocenters. The average molecular weight is 110 g/mol. The van der Waals surface area contributed by atoms with Crippen LogP contribution in [0.4, 0.5) is 0 Å². The molecule has 0 nitrogen and oxygen atoms in total. The van der Waals surface area contributed by atoms with Crippen molar-refractivity contribution in [3.05, 3.63) is 11.6 Å². The van der Waals surface area contributed by atoms with Crippen LogP contribution < -0.4 is 0 Å². The lowest BCUT2D eigenvalue weighted by molar-refractivity contribution is 0.620. The molecule has 1 rings (SSSR count). The molecular weight excluding hydrogens is 96.1 g/mol. The largest absolute Gasteiger partial charge is 0.0884 e. The molecule has 0 aromatic heterocycles. The third kappa shape index (κ3) is 1.12. The van der Waals surface area contributed by atoms with E-state index < -0.39 is 0 Å². The van der Waals surface area contributed by atoms with Crippen LogP contribution in [0.2, 0.25) is 0 Å². The Morgan fingerprint density at radius 1 is 1.62 bits per heavy atom. The molecule has 0 aliphatic heterocycles. The van der Waals surface area contributed by atoms with Gasteiger partial charge in [-0.1, -0.05) is 18.6 Å². The summed E-state index contributed by atoms with van der Waals surface area (Å²) in [6, 6.07) is 0. The lowest BCUT2D eigenvalue weighted by Crippen LogP contribution is -1.79. The molecule has 1 saturated carbocycles. The van der Waals surface area contributed by atoms with Crippen molar-refractivity contribution in [2.45, 2.75) is 33.1 Å². The summed E-state index contributed by atoms with van der Waals surface area (Å²) in [6.45, 7) is 4.48. The Morgan fingerprint density at radius 2 is 2.38 bits per heavy atom. The van der Waals surface area contributed by atoms with E-state index in [0.717, 1.165) is 5.92 Å².